The molecule has 2 aliphatic carbocycles. The molecule has 0 bridgehead atoms. The lowest BCUT2D eigenvalue weighted by Crippen LogP contribution is -2.25. The van der Waals surface area contributed by atoms with Gasteiger partial charge in [-0.15, -0.1) is 0 Å². The van der Waals surface area contributed by atoms with Gasteiger partial charge in [-0.3, -0.25) is 0 Å². The molecule has 0 amide bonds. The summed E-state index contributed by atoms with van der Waals surface area (Å²) >= 11 is 6.03. The second-order valence-corrected chi connectivity index (χ2v) is 8.87. The first-order valence-corrected chi connectivity index (χ1v) is 10.9. The van der Waals surface area contributed by atoms with Gasteiger partial charge in [0.05, 0.1) is 0 Å². The van der Waals surface area contributed by atoms with Crippen LogP contribution in [0.25, 0.3) is 0 Å². The van der Waals surface area contributed by atoms with Crippen LogP contribution in [0.4, 0.5) is 0 Å². The van der Waals surface area contributed by atoms with E-state index in [2.05, 4.69) is 24.3 Å². The highest BCUT2D eigenvalue weighted by molar-refractivity contribution is 6.30. The van der Waals surface area contributed by atoms with Gasteiger partial charge in [0.2, 0.25) is 0 Å². The van der Waals surface area contributed by atoms with Crippen LogP contribution in [0.1, 0.15) is 82.1 Å². The zero-order chi connectivity index (χ0) is 17.5. The molecular formula is C23H35ClO. The molecule has 3 rings (SSSR count). The third-order valence-electron chi connectivity index (χ3n) is 6.88. The third-order valence-corrected chi connectivity index (χ3v) is 7.13. The van der Waals surface area contributed by atoms with Crippen molar-refractivity contribution < 1.29 is 4.74 Å². The lowest BCUT2D eigenvalue weighted by atomic mass is 9.68. The fourth-order valence-corrected chi connectivity index (χ4v) is 5.41. The zero-order valence-corrected chi connectivity index (χ0v) is 16.6. The standard InChI is InChI=1S/C23H35ClO/c1-25-17-3-2-4-18-5-7-19(8-6-18)20-9-11-21(12-10-20)22-13-15-23(24)16-14-22/h13-16,18-21H,2-12,17H2,1H3/t18-,19-,20-,21-. The molecule has 2 fully saturated rings. The summed E-state index contributed by atoms with van der Waals surface area (Å²) in [5.41, 5.74) is 1.50. The fraction of sp³-hybridized carbons (Fsp3) is 0.739. The maximum absolute atomic E-state index is 6.03. The van der Waals surface area contributed by atoms with Crippen molar-refractivity contribution in [3.05, 3.63) is 34.9 Å². The van der Waals surface area contributed by atoms with Gasteiger partial charge in [0.1, 0.15) is 0 Å². The van der Waals surface area contributed by atoms with Crippen molar-refractivity contribution >= 4 is 11.6 Å². The van der Waals surface area contributed by atoms with Gasteiger partial charge in [-0.1, -0.05) is 49.4 Å². The predicted molar refractivity (Wildman–Crippen MR) is 107 cm³/mol. The van der Waals surface area contributed by atoms with E-state index in [9.17, 15) is 0 Å². The molecule has 2 saturated carbocycles. The molecule has 0 saturated heterocycles. The summed E-state index contributed by atoms with van der Waals surface area (Å²) in [5, 5.41) is 0.858. The van der Waals surface area contributed by atoms with Crippen LogP contribution in [0.15, 0.2) is 24.3 Å². The van der Waals surface area contributed by atoms with Crippen molar-refractivity contribution in [2.24, 2.45) is 17.8 Å². The maximum atomic E-state index is 6.03. The van der Waals surface area contributed by atoms with E-state index in [1.54, 1.807) is 0 Å². The van der Waals surface area contributed by atoms with Gasteiger partial charge < -0.3 is 4.74 Å². The van der Waals surface area contributed by atoms with Gasteiger partial charge in [0, 0.05) is 18.7 Å². The second kappa shape index (κ2) is 9.97. The highest BCUT2D eigenvalue weighted by atomic mass is 35.5. The molecule has 1 nitrogen and oxygen atoms in total. The number of unbranched alkanes of at least 4 members (excludes halogenated alkanes) is 1. The van der Waals surface area contributed by atoms with E-state index in [1.165, 1.54) is 76.2 Å². The number of methoxy groups -OCH3 is 1. The number of hydrogen-bond donors (Lipinski definition) is 0. The van der Waals surface area contributed by atoms with E-state index in [-0.39, 0.29) is 0 Å². The molecule has 0 aromatic heterocycles. The molecule has 0 radical (unpaired) electrons. The molecule has 0 spiro atoms. The van der Waals surface area contributed by atoms with Gasteiger partial charge >= 0.3 is 0 Å². The Labute approximate surface area is 159 Å². The van der Waals surface area contributed by atoms with Crippen LogP contribution in [-0.4, -0.2) is 13.7 Å². The molecule has 0 heterocycles. The summed E-state index contributed by atoms with van der Waals surface area (Å²) in [4.78, 5) is 0. The molecule has 0 unspecified atom stereocenters. The first-order chi connectivity index (χ1) is 12.3. The van der Waals surface area contributed by atoms with Crippen molar-refractivity contribution in [3.63, 3.8) is 0 Å². The Bertz CT molecular complexity index is 481. The fourth-order valence-electron chi connectivity index (χ4n) is 5.29. The molecule has 0 atom stereocenters. The Morgan fingerprint density at radius 1 is 0.840 bits per heavy atom. The largest absolute Gasteiger partial charge is 0.385 e. The van der Waals surface area contributed by atoms with Crippen LogP contribution in [0.5, 0.6) is 0 Å². The SMILES string of the molecule is COCCCC[C@H]1CC[C@H]([C@H]2CC[C@H](c3ccc(Cl)cc3)CC2)CC1. The number of benzene rings is 1. The minimum Gasteiger partial charge on any atom is -0.385 e. The van der Waals surface area contributed by atoms with Crippen LogP contribution < -0.4 is 0 Å². The monoisotopic (exact) mass is 362 g/mol. The Morgan fingerprint density at radius 3 is 2.04 bits per heavy atom. The Balaban J connectivity index is 1.37. The maximum Gasteiger partial charge on any atom is 0.0462 e. The van der Waals surface area contributed by atoms with E-state index >= 15 is 0 Å². The van der Waals surface area contributed by atoms with Crippen LogP contribution in [0.2, 0.25) is 5.02 Å². The molecule has 2 aliphatic rings. The van der Waals surface area contributed by atoms with Crippen molar-refractivity contribution in [1.29, 1.82) is 0 Å². The Hall–Kier alpha value is -0.530. The first-order valence-electron chi connectivity index (χ1n) is 10.5. The van der Waals surface area contributed by atoms with Gasteiger partial charge in [0.15, 0.2) is 0 Å². The topological polar surface area (TPSA) is 9.23 Å². The molecule has 140 valence electrons. The quantitative estimate of drug-likeness (QED) is 0.464. The van der Waals surface area contributed by atoms with Crippen molar-refractivity contribution in [1.82, 2.24) is 0 Å². The van der Waals surface area contributed by atoms with E-state index in [0.717, 1.165) is 35.3 Å². The normalized spacial score (nSPS) is 30.3. The minimum absolute atomic E-state index is 0.769. The van der Waals surface area contributed by atoms with Crippen molar-refractivity contribution in [2.75, 3.05) is 13.7 Å². The summed E-state index contributed by atoms with van der Waals surface area (Å²) in [6.45, 7) is 0.937. The number of ether oxygens (including phenoxy) is 1. The Kier molecular flexibility index (Phi) is 7.67. The van der Waals surface area contributed by atoms with Gasteiger partial charge in [-0.2, -0.15) is 0 Å². The average Bonchev–Trinajstić information content (AvgIpc) is 2.67. The summed E-state index contributed by atoms with van der Waals surface area (Å²) in [5.74, 6) is 3.78. The smallest absolute Gasteiger partial charge is 0.0462 e. The average molecular weight is 363 g/mol. The molecule has 1 aromatic rings. The predicted octanol–water partition coefficient (Wildman–Crippen LogP) is 7.24. The third kappa shape index (κ3) is 5.73. The number of rotatable bonds is 7. The van der Waals surface area contributed by atoms with Crippen molar-refractivity contribution in [2.45, 2.75) is 76.5 Å². The molecule has 25 heavy (non-hydrogen) atoms. The molecular weight excluding hydrogens is 328 g/mol. The van der Waals surface area contributed by atoms with Gasteiger partial charge in [0.25, 0.3) is 0 Å². The number of halogens is 1. The van der Waals surface area contributed by atoms with Crippen LogP contribution in [0, 0.1) is 17.8 Å². The van der Waals surface area contributed by atoms with Gasteiger partial charge in [-0.05, 0) is 86.3 Å². The molecule has 0 N–H and O–H groups in total. The van der Waals surface area contributed by atoms with Crippen LogP contribution in [-0.2, 0) is 4.74 Å². The Morgan fingerprint density at radius 2 is 1.44 bits per heavy atom. The summed E-state index contributed by atoms with van der Waals surface area (Å²) < 4.78 is 5.17. The summed E-state index contributed by atoms with van der Waals surface area (Å²) in [7, 11) is 1.81. The lowest BCUT2D eigenvalue weighted by Gasteiger charge is -2.38. The second-order valence-electron chi connectivity index (χ2n) is 8.43. The zero-order valence-electron chi connectivity index (χ0n) is 15.9. The number of hydrogen-bond acceptors (Lipinski definition) is 1. The van der Waals surface area contributed by atoms with E-state index < -0.39 is 0 Å². The molecule has 2 heteroatoms. The summed E-state index contributed by atoms with van der Waals surface area (Å²) in [6.07, 6.45) is 15.6. The highest BCUT2D eigenvalue weighted by Gasteiger charge is 2.31. The highest BCUT2D eigenvalue weighted by Crippen LogP contribution is 2.44. The van der Waals surface area contributed by atoms with Crippen LogP contribution in [0.3, 0.4) is 0 Å². The van der Waals surface area contributed by atoms with E-state index in [1.807, 2.05) is 7.11 Å². The molecule has 0 aliphatic heterocycles. The molecule has 1 aromatic carbocycles. The van der Waals surface area contributed by atoms with Crippen molar-refractivity contribution in [3.8, 4) is 0 Å². The first kappa shape index (κ1) is 19.2. The van der Waals surface area contributed by atoms with E-state index in [0.29, 0.717) is 0 Å². The minimum atomic E-state index is 0.769. The summed E-state index contributed by atoms with van der Waals surface area (Å²) in [6, 6.07) is 8.58. The lowest BCUT2D eigenvalue weighted by molar-refractivity contribution is 0.151. The van der Waals surface area contributed by atoms with Gasteiger partial charge in [-0.25, -0.2) is 0 Å². The van der Waals surface area contributed by atoms with Crippen LogP contribution >= 0.6 is 11.6 Å². The van der Waals surface area contributed by atoms with E-state index in [4.69, 9.17) is 16.3 Å².